The number of carbonyl (C=O) groups excluding carboxylic acids is 1. The molecule has 1 atom stereocenters. The van der Waals surface area contributed by atoms with Gasteiger partial charge in [-0.3, -0.25) is 24.1 Å². The Balaban J connectivity index is 1.41. The molecule has 2 aliphatic rings. The molecule has 5 heterocycles. The molecule has 202 valence electrons. The molecule has 0 aliphatic carbocycles. The fourth-order valence-corrected chi connectivity index (χ4v) is 4.56. The van der Waals surface area contributed by atoms with E-state index in [-0.39, 0.29) is 40.8 Å². The third-order valence-corrected chi connectivity index (χ3v) is 6.95. The quantitative estimate of drug-likeness (QED) is 0.474. The van der Waals surface area contributed by atoms with Crippen LogP contribution in [0.1, 0.15) is 24.0 Å². The zero-order valence-electron chi connectivity index (χ0n) is 21.1. The van der Waals surface area contributed by atoms with E-state index < -0.39 is 17.2 Å². The number of primary amides is 1. The number of nitrogens with two attached hydrogens (primary N) is 1. The Kier molecular flexibility index (Phi) is 7.13. The van der Waals surface area contributed by atoms with Crippen molar-refractivity contribution in [1.29, 1.82) is 0 Å². The van der Waals surface area contributed by atoms with Crippen LogP contribution >= 0.6 is 11.6 Å². The molecule has 3 aromatic heterocycles. The molecule has 1 fully saturated rings. The van der Waals surface area contributed by atoms with Crippen molar-refractivity contribution >= 4 is 34.9 Å². The van der Waals surface area contributed by atoms with Gasteiger partial charge in [0.1, 0.15) is 28.9 Å². The summed E-state index contributed by atoms with van der Waals surface area (Å²) in [6, 6.07) is 4.00. The Hall–Kier alpha value is -4.19. The summed E-state index contributed by atoms with van der Waals surface area (Å²) in [5.74, 6) is -1.84. The number of pyridine rings is 2. The average Bonchev–Trinajstić information content (AvgIpc) is 2.86. The molecule has 39 heavy (non-hydrogen) atoms. The molecule has 2 N–H and O–H groups in total. The predicted octanol–water partition coefficient (Wildman–Crippen LogP) is 2.75. The molecule has 2 aliphatic heterocycles. The Labute approximate surface area is 226 Å². The van der Waals surface area contributed by atoms with E-state index in [0.29, 0.717) is 54.4 Å². The van der Waals surface area contributed by atoms with E-state index in [9.17, 15) is 18.4 Å². The van der Waals surface area contributed by atoms with Gasteiger partial charge in [0, 0.05) is 55.3 Å². The number of anilines is 1. The molecular formula is C26H24ClF2N7O3. The number of aryl methyl sites for hydroxylation is 1. The summed E-state index contributed by atoms with van der Waals surface area (Å²) in [6.07, 6.45) is 4.28. The van der Waals surface area contributed by atoms with E-state index in [1.54, 1.807) is 31.3 Å². The summed E-state index contributed by atoms with van der Waals surface area (Å²) in [5.41, 5.74) is 7.06. The summed E-state index contributed by atoms with van der Waals surface area (Å²) in [4.78, 5) is 43.8. The Bertz CT molecular complexity index is 1580. The lowest BCUT2D eigenvalue weighted by Gasteiger charge is -2.37. The van der Waals surface area contributed by atoms with Crippen molar-refractivity contribution in [3.63, 3.8) is 0 Å². The van der Waals surface area contributed by atoms with Crippen LogP contribution in [-0.4, -0.2) is 50.8 Å². The lowest BCUT2D eigenvalue weighted by Crippen LogP contribution is -2.53. The summed E-state index contributed by atoms with van der Waals surface area (Å²) in [5, 5.41) is -0.189. The number of rotatable bonds is 7. The van der Waals surface area contributed by atoms with Crippen LogP contribution in [0.2, 0.25) is 5.02 Å². The highest BCUT2D eigenvalue weighted by atomic mass is 35.5. The van der Waals surface area contributed by atoms with Crippen LogP contribution in [-0.2, 0) is 11.4 Å². The Morgan fingerprint density at radius 1 is 1.26 bits per heavy atom. The second-order valence-electron chi connectivity index (χ2n) is 9.42. The molecule has 0 aromatic carbocycles. The Morgan fingerprint density at radius 3 is 2.74 bits per heavy atom. The smallest absolute Gasteiger partial charge is 0.277 e. The molecule has 0 saturated carbocycles. The molecule has 10 nitrogen and oxygen atoms in total. The standard InChI is InChI=1S/C26H24ClF2N7O3/c1-13-8-32-19(18-3-4-31-26(34-18)35-10-15(11-35)24(30)37)7-21(13)36-14(2)5-22(23(27)25(36)38)39-12-20-17(29)6-16(28)9-33-20/h3-7,9,13,15H,8,10-12H2,1-2H3,(H2,30,37)/t13-/m0/s1. The summed E-state index contributed by atoms with van der Waals surface area (Å²) < 4.78 is 34.1. The van der Waals surface area contributed by atoms with Crippen LogP contribution in [0.3, 0.4) is 0 Å². The van der Waals surface area contributed by atoms with Gasteiger partial charge in [-0.05, 0) is 19.1 Å². The number of amides is 1. The van der Waals surface area contributed by atoms with Gasteiger partial charge in [0.05, 0.1) is 23.5 Å². The van der Waals surface area contributed by atoms with Crippen LogP contribution in [0.5, 0.6) is 5.75 Å². The number of dihydropyridines is 1. The minimum atomic E-state index is -0.862. The van der Waals surface area contributed by atoms with E-state index in [1.165, 1.54) is 4.57 Å². The van der Waals surface area contributed by atoms with Crippen LogP contribution in [0.4, 0.5) is 14.7 Å². The van der Waals surface area contributed by atoms with E-state index in [0.717, 1.165) is 6.20 Å². The van der Waals surface area contributed by atoms with Gasteiger partial charge in [0.2, 0.25) is 11.9 Å². The van der Waals surface area contributed by atoms with Gasteiger partial charge in [-0.15, -0.1) is 0 Å². The normalized spacial score (nSPS) is 17.4. The second-order valence-corrected chi connectivity index (χ2v) is 9.80. The fourth-order valence-electron chi connectivity index (χ4n) is 4.36. The molecule has 3 aromatic rings. The number of nitrogens with zero attached hydrogens (tertiary/aromatic N) is 6. The first-order valence-electron chi connectivity index (χ1n) is 12.1. The van der Waals surface area contributed by atoms with Gasteiger partial charge in [0.15, 0.2) is 5.82 Å². The highest BCUT2D eigenvalue weighted by Crippen LogP contribution is 2.29. The maximum Gasteiger partial charge on any atom is 0.277 e. The van der Waals surface area contributed by atoms with Gasteiger partial charge in [-0.25, -0.2) is 18.7 Å². The van der Waals surface area contributed by atoms with Crippen molar-refractivity contribution in [3.8, 4) is 5.75 Å². The topological polar surface area (TPSA) is 129 Å². The summed E-state index contributed by atoms with van der Waals surface area (Å²) >= 11 is 6.38. The first kappa shape index (κ1) is 26.4. The first-order chi connectivity index (χ1) is 18.6. The minimum absolute atomic E-state index is 0.0585. The van der Waals surface area contributed by atoms with E-state index in [4.69, 9.17) is 22.1 Å². The van der Waals surface area contributed by atoms with Crippen molar-refractivity contribution < 1.29 is 18.3 Å². The van der Waals surface area contributed by atoms with E-state index in [1.807, 2.05) is 11.8 Å². The molecule has 0 unspecified atom stereocenters. The van der Waals surface area contributed by atoms with E-state index in [2.05, 4.69) is 19.9 Å². The van der Waals surface area contributed by atoms with Crippen LogP contribution in [0, 0.1) is 30.4 Å². The van der Waals surface area contributed by atoms with Gasteiger partial charge in [-0.1, -0.05) is 18.5 Å². The van der Waals surface area contributed by atoms with E-state index >= 15 is 0 Å². The maximum absolute atomic E-state index is 14.0. The van der Waals surface area contributed by atoms with Crippen molar-refractivity contribution in [1.82, 2.24) is 19.5 Å². The number of halogens is 3. The second kappa shape index (κ2) is 10.5. The van der Waals surface area contributed by atoms with Crippen LogP contribution in [0.15, 0.2) is 46.5 Å². The Morgan fingerprint density at radius 2 is 2.03 bits per heavy atom. The molecule has 0 spiro atoms. The zero-order chi connectivity index (χ0) is 27.8. The van der Waals surface area contributed by atoms with Gasteiger partial charge in [0.25, 0.3) is 5.56 Å². The number of aliphatic imine (C=N–C) groups is 1. The van der Waals surface area contributed by atoms with Gasteiger partial charge >= 0.3 is 0 Å². The number of aromatic nitrogens is 4. The first-order valence-corrected chi connectivity index (χ1v) is 12.5. The number of ether oxygens (including phenoxy) is 1. The van der Waals surface area contributed by atoms with Gasteiger partial charge < -0.3 is 15.4 Å². The molecule has 1 amide bonds. The monoisotopic (exact) mass is 555 g/mol. The summed E-state index contributed by atoms with van der Waals surface area (Å²) in [7, 11) is 0. The minimum Gasteiger partial charge on any atom is -0.485 e. The lowest BCUT2D eigenvalue weighted by molar-refractivity contribution is -0.122. The third kappa shape index (κ3) is 5.24. The third-order valence-electron chi connectivity index (χ3n) is 6.60. The predicted molar refractivity (Wildman–Crippen MR) is 141 cm³/mol. The highest BCUT2D eigenvalue weighted by Gasteiger charge is 2.33. The largest absolute Gasteiger partial charge is 0.485 e. The zero-order valence-corrected chi connectivity index (χ0v) is 21.8. The SMILES string of the molecule is Cc1cc(OCc2ncc(F)cc2F)c(Cl)c(=O)n1C1=CC(c2ccnc(N3CC(C(N)=O)C3)n2)=NC[C@@H]1C. The number of allylic oxidation sites excluding steroid dienone is 1. The molecule has 0 bridgehead atoms. The average molecular weight is 556 g/mol. The molecule has 13 heteroatoms. The maximum atomic E-state index is 14.0. The molecule has 1 saturated heterocycles. The molecule has 5 rings (SSSR count). The fraction of sp³-hybridized carbons (Fsp3) is 0.308. The van der Waals surface area contributed by atoms with Crippen molar-refractivity contribution in [2.75, 3.05) is 24.5 Å². The highest BCUT2D eigenvalue weighted by molar-refractivity contribution is 6.31. The number of hydrogen-bond acceptors (Lipinski definition) is 8. The molecule has 0 radical (unpaired) electrons. The van der Waals surface area contributed by atoms with Crippen molar-refractivity contribution in [2.45, 2.75) is 20.5 Å². The summed E-state index contributed by atoms with van der Waals surface area (Å²) in [6.45, 7) is 4.64. The van der Waals surface area contributed by atoms with Crippen LogP contribution < -0.4 is 20.9 Å². The lowest BCUT2D eigenvalue weighted by atomic mass is 10.00. The number of carbonyl (C=O) groups is 1. The van der Waals surface area contributed by atoms with Crippen molar-refractivity contribution in [3.05, 3.63) is 80.8 Å². The number of hydrogen-bond donors (Lipinski definition) is 1. The van der Waals surface area contributed by atoms with Gasteiger partial charge in [-0.2, -0.15) is 0 Å². The van der Waals surface area contributed by atoms with Crippen molar-refractivity contribution in [2.24, 2.45) is 22.6 Å². The van der Waals surface area contributed by atoms with Crippen LogP contribution in [0.25, 0.3) is 5.70 Å². The molecular weight excluding hydrogens is 532 g/mol.